The Balaban J connectivity index is 4.23. The predicted molar refractivity (Wildman–Crippen MR) is 220 cm³/mol. The molecule has 0 atom stereocenters. The van der Waals surface area contributed by atoms with Crippen LogP contribution in [0.5, 0.6) is 0 Å². The van der Waals surface area contributed by atoms with Gasteiger partial charge in [-0.15, -0.1) is 0 Å². The van der Waals surface area contributed by atoms with Gasteiger partial charge in [0.2, 0.25) is 0 Å². The molecule has 0 rings (SSSR count). The lowest BCUT2D eigenvalue weighted by atomic mass is 9.91. The van der Waals surface area contributed by atoms with Gasteiger partial charge in [0.1, 0.15) is 26.4 Å². The monoisotopic (exact) mass is 941 g/mol. The van der Waals surface area contributed by atoms with E-state index >= 15 is 0 Å². The van der Waals surface area contributed by atoms with E-state index in [2.05, 4.69) is 0 Å². The Bertz CT molecular complexity index is 1330. The molecule has 0 saturated heterocycles. The summed E-state index contributed by atoms with van der Waals surface area (Å²) >= 11 is 0. The molecular formula is C40H67N3O22. The minimum Gasteiger partial charge on any atom is -0.480 e. The summed E-state index contributed by atoms with van der Waals surface area (Å²) in [4.78, 5) is 108. The molecule has 0 radical (unpaired) electrons. The Kier molecular flexibility index (Phi) is 34.3. The van der Waals surface area contributed by atoms with Crippen molar-refractivity contribution in [1.82, 2.24) is 14.7 Å². The number of unbranched alkanes of at least 4 members (excludes halogenated alkanes) is 4. The van der Waals surface area contributed by atoms with Gasteiger partial charge >= 0.3 is 53.7 Å². The molecule has 0 aliphatic rings. The minimum absolute atomic E-state index is 0.00114. The molecule has 374 valence electrons. The summed E-state index contributed by atoms with van der Waals surface area (Å²) in [7, 11) is 0. The SMILES string of the molecule is CC(=O)OCC(COC(C)=O)(COC(C)=O)C(=O)OCCCCCCCOCCOCCOCCOCCOC(=O)CN(CCN(CC(=O)O)CC(=O)O)CCN(CC(=O)O)CC(=O)O. The van der Waals surface area contributed by atoms with Crippen LogP contribution < -0.4 is 0 Å². The second-order valence-corrected chi connectivity index (χ2v) is 14.5. The van der Waals surface area contributed by atoms with E-state index in [-0.39, 0.29) is 65.8 Å². The lowest BCUT2D eigenvalue weighted by molar-refractivity contribution is -0.178. The van der Waals surface area contributed by atoms with Crippen LogP contribution in [0.2, 0.25) is 0 Å². The topological polar surface area (TPSA) is 327 Å². The number of ether oxygens (including phenoxy) is 9. The molecule has 0 unspecified atom stereocenters. The van der Waals surface area contributed by atoms with Gasteiger partial charge in [0.15, 0.2) is 5.41 Å². The van der Waals surface area contributed by atoms with E-state index in [9.17, 15) is 43.2 Å². The molecule has 0 bridgehead atoms. The first-order chi connectivity index (χ1) is 30.8. The van der Waals surface area contributed by atoms with E-state index in [0.29, 0.717) is 39.5 Å². The number of carboxylic acids is 4. The molecule has 0 amide bonds. The molecule has 65 heavy (non-hydrogen) atoms. The third kappa shape index (κ3) is 35.9. The van der Waals surface area contributed by atoms with Crippen LogP contribution in [-0.2, 0) is 85.8 Å². The van der Waals surface area contributed by atoms with E-state index in [1.54, 1.807) is 0 Å². The molecule has 25 heteroatoms. The summed E-state index contributed by atoms with van der Waals surface area (Å²) in [6, 6.07) is 0. The van der Waals surface area contributed by atoms with E-state index in [1.165, 1.54) is 4.90 Å². The number of nitrogens with zero attached hydrogens (tertiary/aromatic N) is 3. The third-order valence-electron chi connectivity index (χ3n) is 8.61. The molecule has 0 fully saturated rings. The van der Waals surface area contributed by atoms with Crippen molar-refractivity contribution in [1.29, 1.82) is 0 Å². The molecule has 0 saturated carbocycles. The first kappa shape index (κ1) is 59.9. The number of hydrogen-bond donors (Lipinski definition) is 4. The van der Waals surface area contributed by atoms with Crippen LogP contribution in [0.25, 0.3) is 0 Å². The van der Waals surface area contributed by atoms with Crippen LogP contribution in [-0.4, -0.2) is 234 Å². The van der Waals surface area contributed by atoms with Crippen molar-refractivity contribution in [3.05, 3.63) is 0 Å². The van der Waals surface area contributed by atoms with E-state index < -0.39 is 105 Å². The van der Waals surface area contributed by atoms with Crippen molar-refractivity contribution >= 4 is 53.7 Å². The summed E-state index contributed by atoms with van der Waals surface area (Å²) < 4.78 is 47.5. The molecule has 0 aromatic carbocycles. The Hall–Kier alpha value is -5.05. The summed E-state index contributed by atoms with van der Waals surface area (Å²) in [5.41, 5.74) is -1.70. The van der Waals surface area contributed by atoms with Crippen LogP contribution in [0.1, 0.15) is 52.9 Å². The van der Waals surface area contributed by atoms with Crippen molar-refractivity contribution in [2.24, 2.45) is 5.41 Å². The van der Waals surface area contributed by atoms with E-state index in [1.807, 2.05) is 0 Å². The van der Waals surface area contributed by atoms with E-state index in [4.69, 9.17) is 63.1 Å². The normalized spacial score (nSPS) is 11.4. The maximum absolute atomic E-state index is 13.0. The average molecular weight is 942 g/mol. The van der Waals surface area contributed by atoms with Gasteiger partial charge in [0.05, 0.1) is 85.6 Å². The maximum Gasteiger partial charge on any atom is 0.322 e. The first-order valence-electron chi connectivity index (χ1n) is 20.9. The number of rotatable bonds is 43. The largest absolute Gasteiger partial charge is 0.480 e. The zero-order chi connectivity index (χ0) is 48.9. The Labute approximate surface area is 377 Å². The first-order valence-corrected chi connectivity index (χ1v) is 20.9. The summed E-state index contributed by atoms with van der Waals surface area (Å²) in [5.74, 6) is -8.57. The predicted octanol–water partition coefficient (Wildman–Crippen LogP) is -0.990. The number of carbonyl (C=O) groups is 9. The average Bonchev–Trinajstić information content (AvgIpc) is 3.20. The van der Waals surface area contributed by atoms with Gasteiger partial charge in [-0.05, 0) is 12.8 Å². The third-order valence-corrected chi connectivity index (χ3v) is 8.61. The molecule has 0 spiro atoms. The van der Waals surface area contributed by atoms with Crippen LogP contribution in [0.4, 0.5) is 0 Å². The van der Waals surface area contributed by atoms with Gasteiger partial charge in [-0.1, -0.05) is 19.3 Å². The standard InChI is InChI=1S/C40H67N3O22/c1-31(44)63-28-40(29-64-32(2)45,30-65-33(3)46)39(56)62-14-8-6-4-5-7-13-57-15-16-58-17-18-59-19-20-60-21-22-61-38(55)27-41(9-11-42(23-34(47)48)24-35(49)50)10-12-43(25-36(51)52)26-37(53)54/h4-30H2,1-3H3,(H,47,48)(H,49,50)(H,51,52)(H,53,54). The lowest BCUT2D eigenvalue weighted by Crippen LogP contribution is -2.47. The Morgan fingerprint density at radius 1 is 0.369 bits per heavy atom. The van der Waals surface area contributed by atoms with Crippen molar-refractivity contribution in [3.8, 4) is 0 Å². The second-order valence-electron chi connectivity index (χ2n) is 14.5. The lowest BCUT2D eigenvalue weighted by Gasteiger charge is -2.29. The smallest absolute Gasteiger partial charge is 0.322 e. The number of esters is 5. The number of carbonyl (C=O) groups excluding carboxylic acids is 5. The van der Waals surface area contributed by atoms with Crippen LogP contribution in [0.15, 0.2) is 0 Å². The van der Waals surface area contributed by atoms with Gasteiger partial charge in [-0.25, -0.2) is 0 Å². The molecule has 0 heterocycles. The fraction of sp³-hybridized carbons (Fsp3) is 0.775. The molecule has 0 aromatic rings. The molecule has 0 aliphatic carbocycles. The number of aliphatic carboxylic acids is 4. The molecule has 0 aromatic heterocycles. The quantitative estimate of drug-likeness (QED) is 0.0324. The van der Waals surface area contributed by atoms with Gasteiger partial charge < -0.3 is 63.1 Å². The van der Waals surface area contributed by atoms with Crippen molar-refractivity contribution in [2.45, 2.75) is 52.9 Å². The van der Waals surface area contributed by atoms with Crippen LogP contribution >= 0.6 is 0 Å². The highest BCUT2D eigenvalue weighted by Gasteiger charge is 2.44. The van der Waals surface area contributed by atoms with Crippen molar-refractivity contribution < 1.29 is 106 Å². The summed E-state index contributed by atoms with van der Waals surface area (Å²) in [6.45, 7) is 1.58. The van der Waals surface area contributed by atoms with Gasteiger partial charge in [0.25, 0.3) is 0 Å². The Morgan fingerprint density at radius 2 is 0.692 bits per heavy atom. The van der Waals surface area contributed by atoms with Gasteiger partial charge in [-0.2, -0.15) is 0 Å². The zero-order valence-electron chi connectivity index (χ0n) is 37.6. The van der Waals surface area contributed by atoms with Crippen molar-refractivity contribution in [3.63, 3.8) is 0 Å². The number of carboxylic acid groups (broad SMARTS) is 4. The van der Waals surface area contributed by atoms with Gasteiger partial charge in [-0.3, -0.25) is 57.9 Å². The van der Waals surface area contributed by atoms with Crippen LogP contribution in [0.3, 0.4) is 0 Å². The molecular weight excluding hydrogens is 874 g/mol. The van der Waals surface area contributed by atoms with Crippen LogP contribution in [0, 0.1) is 5.41 Å². The maximum atomic E-state index is 13.0. The summed E-state index contributed by atoms with van der Waals surface area (Å²) in [5, 5.41) is 36.4. The second kappa shape index (κ2) is 37.2. The summed E-state index contributed by atoms with van der Waals surface area (Å²) in [6.07, 6.45) is 3.86. The minimum atomic E-state index is -1.70. The van der Waals surface area contributed by atoms with Gasteiger partial charge in [0, 0.05) is 53.6 Å². The Morgan fingerprint density at radius 3 is 1.06 bits per heavy atom. The zero-order valence-corrected chi connectivity index (χ0v) is 37.6. The molecule has 25 nitrogen and oxygen atoms in total. The van der Waals surface area contributed by atoms with Crippen molar-refractivity contribution in [2.75, 3.05) is 145 Å². The molecule has 0 aliphatic heterocycles. The highest BCUT2D eigenvalue weighted by Crippen LogP contribution is 2.23. The fourth-order valence-electron chi connectivity index (χ4n) is 5.41. The number of hydrogen-bond acceptors (Lipinski definition) is 21. The highest BCUT2D eigenvalue weighted by molar-refractivity contribution is 5.79. The molecule has 4 N–H and O–H groups in total. The fourth-order valence-corrected chi connectivity index (χ4v) is 5.41. The highest BCUT2D eigenvalue weighted by atomic mass is 16.6. The van der Waals surface area contributed by atoms with E-state index in [0.717, 1.165) is 56.3 Å².